The van der Waals surface area contributed by atoms with Crippen molar-refractivity contribution in [3.63, 3.8) is 0 Å². The quantitative estimate of drug-likeness (QED) is 0.775. The third kappa shape index (κ3) is 4.13. The van der Waals surface area contributed by atoms with Crippen LogP contribution in [0.1, 0.15) is 25.8 Å². The molecule has 0 aliphatic rings. The van der Waals surface area contributed by atoms with Crippen molar-refractivity contribution < 1.29 is 9.90 Å². The molecule has 112 valence electrons. The number of hydrogen-bond donors (Lipinski definition) is 3. The van der Waals surface area contributed by atoms with E-state index in [-0.39, 0.29) is 12.6 Å². The number of benzene rings is 1. The van der Waals surface area contributed by atoms with Crippen LogP contribution in [0.4, 0.5) is 16.2 Å². The average molecular weight is 279 g/mol. The Morgan fingerprint density at radius 1 is 1.40 bits per heavy atom. The second kappa shape index (κ2) is 6.61. The van der Waals surface area contributed by atoms with Crippen LogP contribution in [0.2, 0.25) is 0 Å². The Bertz CT molecular complexity index is 468. The molecular weight excluding hydrogens is 254 g/mol. The van der Waals surface area contributed by atoms with E-state index < -0.39 is 5.54 Å². The van der Waals surface area contributed by atoms with Crippen molar-refractivity contribution in [1.82, 2.24) is 5.32 Å². The molecule has 0 aliphatic heterocycles. The van der Waals surface area contributed by atoms with Gasteiger partial charge >= 0.3 is 6.03 Å². The molecule has 0 radical (unpaired) electrons. The molecule has 0 bridgehead atoms. The van der Waals surface area contributed by atoms with E-state index >= 15 is 0 Å². The Kier molecular flexibility index (Phi) is 5.39. The second-order valence-corrected chi connectivity index (χ2v) is 5.55. The number of anilines is 2. The molecule has 0 heterocycles. The van der Waals surface area contributed by atoms with Gasteiger partial charge in [-0.25, -0.2) is 4.79 Å². The number of carbonyl (C=O) groups is 1. The van der Waals surface area contributed by atoms with Crippen LogP contribution < -0.4 is 15.5 Å². The van der Waals surface area contributed by atoms with Gasteiger partial charge in [0.1, 0.15) is 0 Å². The zero-order chi connectivity index (χ0) is 15.3. The average Bonchev–Trinajstić information content (AvgIpc) is 2.38. The number of urea groups is 1. The maximum absolute atomic E-state index is 11.9. The number of aliphatic hydroxyl groups excluding tert-OH is 1. The van der Waals surface area contributed by atoms with Crippen molar-refractivity contribution in [3.05, 3.63) is 23.8 Å². The van der Waals surface area contributed by atoms with Crippen molar-refractivity contribution >= 4 is 17.4 Å². The molecule has 0 saturated heterocycles. The van der Waals surface area contributed by atoms with Crippen molar-refractivity contribution in [3.8, 4) is 0 Å². The van der Waals surface area contributed by atoms with Crippen LogP contribution in [0.15, 0.2) is 18.2 Å². The SMILES string of the molecule is CCC(C)(CO)NC(=O)Nc1ccc(N(C)C)c(C)c1. The molecule has 1 rings (SSSR count). The van der Waals surface area contributed by atoms with Gasteiger partial charge in [0.05, 0.1) is 12.1 Å². The fourth-order valence-corrected chi connectivity index (χ4v) is 1.91. The summed E-state index contributed by atoms with van der Waals surface area (Å²) < 4.78 is 0. The zero-order valence-electron chi connectivity index (χ0n) is 12.9. The van der Waals surface area contributed by atoms with E-state index in [1.54, 1.807) is 0 Å². The lowest BCUT2D eigenvalue weighted by Gasteiger charge is -2.27. The lowest BCUT2D eigenvalue weighted by molar-refractivity contribution is 0.172. The van der Waals surface area contributed by atoms with E-state index in [0.717, 1.165) is 16.9 Å². The second-order valence-electron chi connectivity index (χ2n) is 5.55. The van der Waals surface area contributed by atoms with Gasteiger partial charge in [0.2, 0.25) is 0 Å². The summed E-state index contributed by atoms with van der Waals surface area (Å²) >= 11 is 0. The van der Waals surface area contributed by atoms with Gasteiger partial charge in [-0.15, -0.1) is 0 Å². The van der Waals surface area contributed by atoms with Gasteiger partial charge in [0, 0.05) is 25.5 Å². The molecule has 1 atom stereocenters. The monoisotopic (exact) mass is 279 g/mol. The summed E-state index contributed by atoms with van der Waals surface area (Å²) in [6.45, 7) is 5.65. The van der Waals surface area contributed by atoms with Crippen molar-refractivity contribution in [2.45, 2.75) is 32.7 Å². The first-order valence-corrected chi connectivity index (χ1v) is 6.79. The molecule has 0 aromatic heterocycles. The van der Waals surface area contributed by atoms with E-state index in [4.69, 9.17) is 0 Å². The summed E-state index contributed by atoms with van der Waals surface area (Å²) in [5.41, 5.74) is 2.35. The summed E-state index contributed by atoms with van der Waals surface area (Å²) in [7, 11) is 3.96. The lowest BCUT2D eigenvalue weighted by Crippen LogP contribution is -2.50. The topological polar surface area (TPSA) is 64.6 Å². The highest BCUT2D eigenvalue weighted by Crippen LogP contribution is 2.21. The van der Waals surface area contributed by atoms with Crippen molar-refractivity contribution in [2.75, 3.05) is 30.9 Å². The van der Waals surface area contributed by atoms with E-state index in [9.17, 15) is 9.90 Å². The van der Waals surface area contributed by atoms with Crippen LogP contribution in [0, 0.1) is 6.92 Å². The fourth-order valence-electron chi connectivity index (χ4n) is 1.91. The fraction of sp³-hybridized carbons (Fsp3) is 0.533. The molecule has 1 unspecified atom stereocenters. The van der Waals surface area contributed by atoms with Gasteiger partial charge in [-0.3, -0.25) is 0 Å². The predicted octanol–water partition coefficient (Wildman–Crippen LogP) is 2.34. The van der Waals surface area contributed by atoms with E-state index in [1.807, 2.05) is 58.0 Å². The maximum atomic E-state index is 11.9. The summed E-state index contributed by atoms with van der Waals surface area (Å²) in [6, 6.07) is 5.46. The molecule has 1 aromatic carbocycles. The van der Waals surface area contributed by atoms with Crippen LogP contribution in [0.25, 0.3) is 0 Å². The number of rotatable bonds is 5. The lowest BCUT2D eigenvalue weighted by atomic mass is 10.0. The van der Waals surface area contributed by atoms with Gasteiger partial charge in [0.25, 0.3) is 0 Å². The third-order valence-electron chi connectivity index (χ3n) is 3.48. The van der Waals surface area contributed by atoms with Crippen LogP contribution in [0.5, 0.6) is 0 Å². The van der Waals surface area contributed by atoms with Crippen molar-refractivity contribution in [1.29, 1.82) is 0 Å². The molecule has 0 aliphatic carbocycles. The minimum absolute atomic E-state index is 0.0878. The van der Waals surface area contributed by atoms with Gasteiger partial charge in [0.15, 0.2) is 0 Å². The maximum Gasteiger partial charge on any atom is 0.319 e. The van der Waals surface area contributed by atoms with E-state index in [0.29, 0.717) is 6.42 Å². The summed E-state index contributed by atoms with van der Waals surface area (Å²) in [5, 5.41) is 14.9. The van der Waals surface area contributed by atoms with Crippen LogP contribution in [-0.4, -0.2) is 37.4 Å². The van der Waals surface area contributed by atoms with Crippen LogP contribution >= 0.6 is 0 Å². The Morgan fingerprint density at radius 3 is 2.50 bits per heavy atom. The Morgan fingerprint density at radius 2 is 2.05 bits per heavy atom. The Balaban J connectivity index is 2.74. The predicted molar refractivity (Wildman–Crippen MR) is 83.4 cm³/mol. The molecule has 0 fully saturated rings. The zero-order valence-corrected chi connectivity index (χ0v) is 12.9. The van der Waals surface area contributed by atoms with Gasteiger partial charge < -0.3 is 20.6 Å². The molecule has 0 spiro atoms. The molecule has 5 heteroatoms. The van der Waals surface area contributed by atoms with Gasteiger partial charge in [-0.05, 0) is 44.0 Å². The highest BCUT2D eigenvalue weighted by Gasteiger charge is 2.23. The first kappa shape index (κ1) is 16.3. The first-order valence-electron chi connectivity index (χ1n) is 6.79. The highest BCUT2D eigenvalue weighted by molar-refractivity contribution is 5.90. The molecule has 2 amide bonds. The molecule has 20 heavy (non-hydrogen) atoms. The molecule has 0 saturated carbocycles. The van der Waals surface area contributed by atoms with Crippen molar-refractivity contribution in [2.24, 2.45) is 0 Å². The summed E-state index contributed by atoms with van der Waals surface area (Å²) in [5.74, 6) is 0. The third-order valence-corrected chi connectivity index (χ3v) is 3.48. The first-order chi connectivity index (χ1) is 9.31. The van der Waals surface area contributed by atoms with Gasteiger partial charge in [-0.2, -0.15) is 0 Å². The Hall–Kier alpha value is -1.75. The van der Waals surface area contributed by atoms with E-state index in [1.165, 1.54) is 0 Å². The summed E-state index contributed by atoms with van der Waals surface area (Å²) in [4.78, 5) is 14.0. The number of amides is 2. The number of aliphatic hydroxyl groups is 1. The van der Waals surface area contributed by atoms with Crippen LogP contribution in [0.3, 0.4) is 0 Å². The number of nitrogens with zero attached hydrogens (tertiary/aromatic N) is 1. The molecule has 3 N–H and O–H groups in total. The minimum Gasteiger partial charge on any atom is -0.394 e. The largest absolute Gasteiger partial charge is 0.394 e. The highest BCUT2D eigenvalue weighted by atomic mass is 16.3. The molecule has 5 nitrogen and oxygen atoms in total. The molecular formula is C15H25N3O2. The normalized spacial score (nSPS) is 13.5. The van der Waals surface area contributed by atoms with E-state index in [2.05, 4.69) is 10.6 Å². The number of aryl methyl sites for hydroxylation is 1. The minimum atomic E-state index is -0.595. The van der Waals surface area contributed by atoms with Crippen LogP contribution in [-0.2, 0) is 0 Å². The number of nitrogens with one attached hydrogen (secondary N) is 2. The van der Waals surface area contributed by atoms with Gasteiger partial charge in [-0.1, -0.05) is 6.92 Å². The Labute approximate surface area is 121 Å². The smallest absolute Gasteiger partial charge is 0.319 e. The molecule has 1 aromatic rings. The standard InChI is InChI=1S/C15H25N3O2/c1-6-15(3,10-19)17-14(20)16-12-7-8-13(18(4)5)11(2)9-12/h7-9,19H,6,10H2,1-5H3,(H2,16,17,20). The number of hydrogen-bond acceptors (Lipinski definition) is 3. The summed E-state index contributed by atoms with van der Waals surface area (Å²) in [6.07, 6.45) is 0.662. The number of carbonyl (C=O) groups excluding carboxylic acids is 1.